The number of halogens is 1. The summed E-state index contributed by atoms with van der Waals surface area (Å²) in [5.74, 6) is 6.89. The van der Waals surface area contributed by atoms with Crippen LogP contribution >= 0.6 is 10.5 Å². The summed E-state index contributed by atoms with van der Waals surface area (Å²) in [7, 11) is 2.04. The molecule has 0 aliphatic heterocycles. The predicted octanol–water partition coefficient (Wildman–Crippen LogP) is 7.49. The zero-order valence-electron chi connectivity index (χ0n) is 19.2. The van der Waals surface area contributed by atoms with Gasteiger partial charge in [-0.3, -0.25) is 4.99 Å². The molecule has 0 saturated carbocycles. The summed E-state index contributed by atoms with van der Waals surface area (Å²) in [4.78, 5) is 3.81. The number of hydrogen-bond donors (Lipinski definition) is 0. The van der Waals surface area contributed by atoms with Crippen LogP contribution in [0.3, 0.4) is 0 Å². The maximum Gasteiger partial charge on any atom is 0.126 e. The monoisotopic (exact) mass is 407 g/mol. The Balaban J connectivity index is 0.000000887. The third-order valence-corrected chi connectivity index (χ3v) is 6.17. The van der Waals surface area contributed by atoms with E-state index >= 15 is 0 Å². The Morgan fingerprint density at radius 2 is 1.93 bits per heavy atom. The van der Waals surface area contributed by atoms with E-state index in [1.807, 2.05) is 39.1 Å². The van der Waals surface area contributed by atoms with Crippen molar-refractivity contribution in [3.63, 3.8) is 0 Å². The molecular formula is C25H42FNS. The molecule has 0 amide bonds. The minimum Gasteiger partial charge on any atom is -0.296 e. The van der Waals surface area contributed by atoms with Crippen molar-refractivity contribution in [1.29, 1.82) is 0 Å². The first-order valence-corrected chi connectivity index (χ1v) is 12.5. The van der Waals surface area contributed by atoms with E-state index in [0.29, 0.717) is 0 Å². The molecule has 0 N–H and O–H groups in total. The van der Waals surface area contributed by atoms with Crippen molar-refractivity contribution in [1.82, 2.24) is 0 Å². The van der Waals surface area contributed by atoms with Gasteiger partial charge in [0.1, 0.15) is 5.82 Å². The van der Waals surface area contributed by atoms with Crippen LogP contribution < -0.4 is 0 Å². The Hall–Kier alpha value is -1.22. The number of allylic oxidation sites excluding steroid dienone is 2. The zero-order chi connectivity index (χ0) is 21.5. The first-order valence-electron chi connectivity index (χ1n) is 10.5. The van der Waals surface area contributed by atoms with Gasteiger partial charge in [-0.25, -0.2) is 4.39 Å². The molecule has 0 aliphatic rings. The highest BCUT2D eigenvalue weighted by atomic mass is 32.2. The fourth-order valence-electron chi connectivity index (χ4n) is 3.39. The standard InChI is InChI=1S/C19H31FS.C6H11N/c1-6-8-18(14-21(4)5)17(7-2)12-11-16-10-9-15(3)19(20)13-16;1-4-6(2)5-7-3/h9-10,13,17-18H,4,6-8,11-12,14H2,1-3,5H3;4-5H,1-3H3/b;6-4-,7-5?/t17-,18?,21?;/m1./s1. The summed E-state index contributed by atoms with van der Waals surface area (Å²) in [5.41, 5.74) is 3.08. The van der Waals surface area contributed by atoms with Gasteiger partial charge in [0.05, 0.1) is 0 Å². The van der Waals surface area contributed by atoms with E-state index in [2.05, 4.69) is 37.0 Å². The summed E-state index contributed by atoms with van der Waals surface area (Å²) in [5, 5.41) is 0. The number of benzene rings is 1. The van der Waals surface area contributed by atoms with Gasteiger partial charge in [-0.15, -0.1) is 0 Å². The molecule has 0 saturated heterocycles. The van der Waals surface area contributed by atoms with Crippen molar-refractivity contribution in [2.45, 2.75) is 66.7 Å². The van der Waals surface area contributed by atoms with Crippen LogP contribution in [-0.4, -0.2) is 31.1 Å². The Labute approximate surface area is 176 Å². The molecule has 3 heteroatoms. The van der Waals surface area contributed by atoms with Gasteiger partial charge in [-0.2, -0.15) is 10.5 Å². The molecule has 160 valence electrons. The fourth-order valence-corrected chi connectivity index (χ4v) is 4.56. The van der Waals surface area contributed by atoms with E-state index in [4.69, 9.17) is 0 Å². The summed E-state index contributed by atoms with van der Waals surface area (Å²) >= 11 is 0. The predicted molar refractivity (Wildman–Crippen MR) is 131 cm³/mol. The highest BCUT2D eigenvalue weighted by Gasteiger charge is 2.19. The average Bonchev–Trinajstić information content (AvgIpc) is 2.65. The van der Waals surface area contributed by atoms with E-state index in [1.54, 1.807) is 13.1 Å². The Morgan fingerprint density at radius 1 is 1.25 bits per heavy atom. The first-order chi connectivity index (χ1) is 13.3. The molecule has 1 rings (SSSR count). The molecule has 0 fully saturated rings. The number of rotatable bonds is 10. The second-order valence-electron chi connectivity index (χ2n) is 7.71. The molecule has 0 aromatic heterocycles. The zero-order valence-corrected chi connectivity index (χ0v) is 20.0. The van der Waals surface area contributed by atoms with Gasteiger partial charge in [-0.05, 0) is 86.6 Å². The lowest BCUT2D eigenvalue weighted by Crippen LogP contribution is -2.18. The molecule has 1 aromatic rings. The van der Waals surface area contributed by atoms with Gasteiger partial charge in [0.2, 0.25) is 0 Å². The second kappa shape index (κ2) is 15.7. The summed E-state index contributed by atoms with van der Waals surface area (Å²) in [6.45, 7) is 10.4. The lowest BCUT2D eigenvalue weighted by Gasteiger charge is -2.26. The Kier molecular flexibility index (Phi) is 15.0. The van der Waals surface area contributed by atoms with Crippen molar-refractivity contribution in [3.8, 4) is 0 Å². The van der Waals surface area contributed by atoms with Crippen molar-refractivity contribution in [3.05, 3.63) is 46.8 Å². The van der Waals surface area contributed by atoms with Crippen LogP contribution in [0.25, 0.3) is 0 Å². The largest absolute Gasteiger partial charge is 0.296 e. The highest BCUT2D eigenvalue weighted by Crippen LogP contribution is 2.30. The number of aliphatic imine (C=N–C) groups is 1. The fraction of sp³-hybridized carbons (Fsp3) is 0.600. The maximum absolute atomic E-state index is 13.6. The van der Waals surface area contributed by atoms with E-state index in [9.17, 15) is 4.39 Å². The minimum absolute atomic E-state index is 0.0708. The molecule has 0 aliphatic carbocycles. The maximum atomic E-state index is 13.6. The quantitative estimate of drug-likeness (QED) is 0.281. The van der Waals surface area contributed by atoms with Crippen LogP contribution in [0.1, 0.15) is 64.5 Å². The molecule has 0 heterocycles. The smallest absolute Gasteiger partial charge is 0.126 e. The van der Waals surface area contributed by atoms with Gasteiger partial charge in [0.15, 0.2) is 0 Å². The molecule has 1 nitrogen and oxygen atoms in total. The number of aryl methyl sites for hydroxylation is 2. The van der Waals surface area contributed by atoms with Crippen LogP contribution in [-0.2, 0) is 6.42 Å². The minimum atomic E-state index is -0.0708. The van der Waals surface area contributed by atoms with Gasteiger partial charge < -0.3 is 0 Å². The van der Waals surface area contributed by atoms with Crippen LogP contribution in [0.15, 0.2) is 34.8 Å². The molecular weight excluding hydrogens is 365 g/mol. The van der Waals surface area contributed by atoms with Gasteiger partial charge in [0, 0.05) is 13.3 Å². The van der Waals surface area contributed by atoms with Gasteiger partial charge >= 0.3 is 0 Å². The lowest BCUT2D eigenvalue weighted by molar-refractivity contribution is 0.312. The summed E-state index contributed by atoms with van der Waals surface area (Å²) in [6.07, 6.45) is 12.0. The van der Waals surface area contributed by atoms with Crippen LogP contribution in [0.2, 0.25) is 0 Å². The van der Waals surface area contributed by atoms with E-state index in [-0.39, 0.29) is 16.3 Å². The normalized spacial score (nSPS) is 15.1. The van der Waals surface area contributed by atoms with E-state index < -0.39 is 0 Å². The Morgan fingerprint density at radius 3 is 2.36 bits per heavy atom. The SMILES string of the molecule is C/C=C(/C)C=NC.C=S(C)CC(CCC)[C@H](CC)CCc1ccc(C)c(F)c1. The molecule has 1 aromatic carbocycles. The van der Waals surface area contributed by atoms with Crippen LogP contribution in [0.4, 0.5) is 4.39 Å². The van der Waals surface area contributed by atoms with E-state index in [1.165, 1.54) is 37.0 Å². The van der Waals surface area contributed by atoms with Crippen molar-refractivity contribution < 1.29 is 4.39 Å². The van der Waals surface area contributed by atoms with Crippen molar-refractivity contribution in [2.75, 3.05) is 19.1 Å². The molecule has 3 atom stereocenters. The van der Waals surface area contributed by atoms with Crippen molar-refractivity contribution >= 4 is 22.6 Å². The Bertz CT molecular complexity index is 633. The second-order valence-corrected chi connectivity index (χ2v) is 9.60. The molecule has 0 bridgehead atoms. The average molecular weight is 408 g/mol. The summed E-state index contributed by atoms with van der Waals surface area (Å²) < 4.78 is 13.6. The topological polar surface area (TPSA) is 12.4 Å². The molecule has 0 radical (unpaired) electrons. The highest BCUT2D eigenvalue weighted by molar-refractivity contribution is 8.13. The molecule has 0 spiro atoms. The van der Waals surface area contributed by atoms with Crippen molar-refractivity contribution in [2.24, 2.45) is 16.8 Å². The summed E-state index contributed by atoms with van der Waals surface area (Å²) in [6, 6.07) is 5.68. The lowest BCUT2D eigenvalue weighted by atomic mass is 9.83. The first kappa shape index (κ1) is 26.8. The molecule has 28 heavy (non-hydrogen) atoms. The van der Waals surface area contributed by atoms with Crippen LogP contribution in [0.5, 0.6) is 0 Å². The third-order valence-electron chi connectivity index (χ3n) is 5.18. The third kappa shape index (κ3) is 11.6. The molecule has 2 unspecified atom stereocenters. The van der Waals surface area contributed by atoms with E-state index in [0.717, 1.165) is 29.4 Å². The number of nitrogens with zero attached hydrogens (tertiary/aromatic N) is 1. The van der Waals surface area contributed by atoms with Crippen LogP contribution in [0, 0.1) is 24.6 Å². The van der Waals surface area contributed by atoms with Gasteiger partial charge in [0.25, 0.3) is 0 Å². The number of hydrogen-bond acceptors (Lipinski definition) is 1. The van der Waals surface area contributed by atoms with Gasteiger partial charge in [-0.1, -0.05) is 50.8 Å².